The number of rotatable bonds is 14. The fourth-order valence-corrected chi connectivity index (χ4v) is 5.93. The van der Waals surface area contributed by atoms with E-state index >= 15 is 0 Å². The smallest absolute Gasteiger partial charge is 0.408 e. The first-order valence-corrected chi connectivity index (χ1v) is 17.4. The first-order chi connectivity index (χ1) is 23.6. The van der Waals surface area contributed by atoms with Crippen LogP contribution in [0.4, 0.5) is 4.79 Å². The average Bonchev–Trinajstić information content (AvgIpc) is 3.43. The maximum absolute atomic E-state index is 14.2. The molecule has 16 nitrogen and oxygen atoms in total. The summed E-state index contributed by atoms with van der Waals surface area (Å²) < 4.78 is 9.91. The third kappa shape index (κ3) is 13.6. The molecule has 0 spiro atoms. The number of carbonyl (C=O) groups excluding carboxylic acids is 8. The number of carbonyl (C=O) groups is 8. The number of hydrogen-bond acceptors (Lipinski definition) is 10. The summed E-state index contributed by atoms with van der Waals surface area (Å²) in [6, 6.07) is -5.73. The minimum Gasteiger partial charge on any atom is -0.466 e. The summed E-state index contributed by atoms with van der Waals surface area (Å²) in [5.74, 6) is -4.70. The molecule has 6 amide bonds. The molecule has 5 atom stereocenters. The van der Waals surface area contributed by atoms with Crippen LogP contribution in [-0.4, -0.2) is 102 Å². The van der Waals surface area contributed by atoms with Gasteiger partial charge in [-0.15, -0.1) is 0 Å². The highest BCUT2D eigenvalue weighted by atomic mass is 16.6. The maximum Gasteiger partial charge on any atom is 0.408 e. The van der Waals surface area contributed by atoms with E-state index in [4.69, 9.17) is 10.5 Å². The fraction of sp³-hybridized carbons (Fsp3) is 0.714. The van der Waals surface area contributed by atoms with E-state index in [1.54, 1.807) is 41.5 Å². The second kappa shape index (κ2) is 18.7. The van der Waals surface area contributed by atoms with Gasteiger partial charge in [-0.05, 0) is 64.7 Å². The van der Waals surface area contributed by atoms with Crippen LogP contribution in [-0.2, 0) is 43.0 Å². The van der Waals surface area contributed by atoms with Crippen LogP contribution < -0.4 is 27.0 Å². The van der Waals surface area contributed by atoms with Crippen LogP contribution in [0.2, 0.25) is 0 Å². The van der Waals surface area contributed by atoms with Crippen LogP contribution in [0.15, 0.2) is 12.2 Å². The molecule has 2 rings (SSSR count). The minimum absolute atomic E-state index is 0.0237. The Morgan fingerprint density at radius 3 is 2.10 bits per heavy atom. The predicted octanol–water partition coefficient (Wildman–Crippen LogP) is 1.15. The average molecular weight is 721 g/mol. The Bertz CT molecular complexity index is 1340. The molecule has 0 aromatic heterocycles. The van der Waals surface area contributed by atoms with Crippen molar-refractivity contribution in [1.29, 1.82) is 0 Å². The lowest BCUT2D eigenvalue weighted by Crippen LogP contribution is -2.62. The van der Waals surface area contributed by atoms with E-state index in [1.807, 2.05) is 0 Å². The Hall–Kier alpha value is -4.50. The van der Waals surface area contributed by atoms with Crippen molar-refractivity contribution in [3.63, 3.8) is 0 Å². The first kappa shape index (κ1) is 42.7. The second-order valence-corrected chi connectivity index (χ2v) is 15.3. The van der Waals surface area contributed by atoms with Crippen molar-refractivity contribution in [1.82, 2.24) is 26.2 Å². The van der Waals surface area contributed by atoms with Crippen molar-refractivity contribution in [3.8, 4) is 0 Å². The molecular formula is C35H56N6O10. The quantitative estimate of drug-likeness (QED) is 0.127. The molecule has 1 aliphatic heterocycles. The molecule has 0 aromatic carbocycles. The first-order valence-electron chi connectivity index (χ1n) is 17.4. The van der Waals surface area contributed by atoms with Gasteiger partial charge in [0.05, 0.1) is 13.7 Å². The molecule has 0 radical (unpaired) electrons. The molecule has 0 aromatic rings. The highest BCUT2D eigenvalue weighted by Gasteiger charge is 2.46. The summed E-state index contributed by atoms with van der Waals surface area (Å²) in [5, 5.41) is 10.5. The van der Waals surface area contributed by atoms with Crippen LogP contribution in [0.3, 0.4) is 0 Å². The van der Waals surface area contributed by atoms with Crippen molar-refractivity contribution in [2.45, 2.75) is 136 Å². The van der Waals surface area contributed by atoms with Crippen molar-refractivity contribution in [2.75, 3.05) is 13.7 Å². The zero-order valence-corrected chi connectivity index (χ0v) is 31.1. The summed E-state index contributed by atoms with van der Waals surface area (Å²) in [6.45, 7) is 11.1. The van der Waals surface area contributed by atoms with Gasteiger partial charge in [-0.3, -0.25) is 28.8 Å². The number of ether oxygens (including phenoxy) is 2. The standard InChI is InChI=1S/C35H56N6O10/c1-20(28(36)44)37-31(47)26(21-14-10-9-11-15-21)39-30(46)24-18-22(42)19-41(24)32(48)27(34(2,3)4)40-29(45)23(16-12-13-17-25(43)50-8)38-33(49)51-35(5,6)7/h13,17,20-21,23-24,26-27H,9-12,14-16,18-19H2,1-8H3,(H2,36,44)(H,37,47)(H,38,49)(H,39,46)(H,40,45)/b17-13+/t20-,23-,24-,26-,27+/m0/s1. The van der Waals surface area contributed by atoms with Crippen molar-refractivity contribution in [3.05, 3.63) is 12.2 Å². The van der Waals surface area contributed by atoms with Crippen LogP contribution in [0.25, 0.3) is 0 Å². The van der Waals surface area contributed by atoms with E-state index in [-0.39, 0.29) is 31.0 Å². The van der Waals surface area contributed by atoms with Gasteiger partial charge in [0, 0.05) is 12.5 Å². The molecular weight excluding hydrogens is 664 g/mol. The molecule has 6 N–H and O–H groups in total. The normalized spacial score (nSPS) is 19.3. The molecule has 16 heteroatoms. The topological polar surface area (TPSA) is 232 Å². The molecule has 51 heavy (non-hydrogen) atoms. The number of methoxy groups -OCH3 is 1. The van der Waals surface area contributed by atoms with Crippen LogP contribution >= 0.6 is 0 Å². The number of nitrogens with two attached hydrogens (primary N) is 1. The molecule has 0 unspecified atom stereocenters. The van der Waals surface area contributed by atoms with Crippen molar-refractivity contribution >= 4 is 47.4 Å². The number of amides is 6. The molecule has 0 bridgehead atoms. The molecule has 1 saturated heterocycles. The minimum atomic E-state index is -1.27. The Morgan fingerprint density at radius 1 is 0.922 bits per heavy atom. The number of hydrogen-bond donors (Lipinski definition) is 5. The van der Waals surface area contributed by atoms with E-state index in [0.29, 0.717) is 12.8 Å². The van der Waals surface area contributed by atoms with E-state index in [2.05, 4.69) is 26.0 Å². The fourth-order valence-electron chi connectivity index (χ4n) is 5.93. The van der Waals surface area contributed by atoms with Gasteiger partial charge in [0.2, 0.25) is 29.5 Å². The Morgan fingerprint density at radius 2 is 1.55 bits per heavy atom. The van der Waals surface area contributed by atoms with Gasteiger partial charge in [-0.1, -0.05) is 46.1 Å². The third-order valence-electron chi connectivity index (χ3n) is 8.70. The summed E-state index contributed by atoms with van der Waals surface area (Å²) in [5.41, 5.74) is 3.54. The van der Waals surface area contributed by atoms with Crippen LogP contribution in [0.1, 0.15) is 99.8 Å². The van der Waals surface area contributed by atoms with Gasteiger partial charge in [-0.2, -0.15) is 0 Å². The van der Waals surface area contributed by atoms with Gasteiger partial charge >= 0.3 is 12.1 Å². The van der Waals surface area contributed by atoms with Gasteiger partial charge in [0.1, 0.15) is 35.8 Å². The van der Waals surface area contributed by atoms with E-state index in [9.17, 15) is 38.4 Å². The van der Waals surface area contributed by atoms with Gasteiger partial charge in [0.15, 0.2) is 5.78 Å². The van der Waals surface area contributed by atoms with Crippen LogP contribution in [0.5, 0.6) is 0 Å². The molecule has 2 aliphatic rings. The number of esters is 1. The summed E-state index contributed by atoms with van der Waals surface area (Å²) in [4.78, 5) is 105. The van der Waals surface area contributed by atoms with Crippen molar-refractivity contribution < 1.29 is 47.8 Å². The Labute approximate surface area is 299 Å². The number of primary amides is 1. The number of nitrogens with one attached hydrogen (secondary N) is 4. The lowest BCUT2D eigenvalue weighted by Gasteiger charge is -2.36. The zero-order chi connectivity index (χ0) is 38.7. The molecule has 1 aliphatic carbocycles. The van der Waals surface area contributed by atoms with Gasteiger partial charge in [0.25, 0.3) is 0 Å². The highest BCUT2D eigenvalue weighted by molar-refractivity contribution is 6.02. The maximum atomic E-state index is 14.2. The molecule has 1 heterocycles. The van der Waals surface area contributed by atoms with Gasteiger partial charge < -0.3 is 41.4 Å². The number of likely N-dealkylation sites (tertiary alicyclic amines) is 1. The Balaban J connectivity index is 2.34. The van der Waals surface area contributed by atoms with Gasteiger partial charge in [-0.25, -0.2) is 9.59 Å². The van der Waals surface area contributed by atoms with Crippen LogP contribution in [0, 0.1) is 11.3 Å². The summed E-state index contributed by atoms with van der Waals surface area (Å²) >= 11 is 0. The second-order valence-electron chi connectivity index (χ2n) is 15.3. The lowest BCUT2D eigenvalue weighted by atomic mass is 9.83. The van der Waals surface area contributed by atoms with E-state index < -0.39 is 89.4 Å². The summed E-state index contributed by atoms with van der Waals surface area (Å²) in [6.07, 6.45) is 5.68. The number of ketones is 1. The molecule has 286 valence electrons. The van der Waals surface area contributed by atoms with E-state index in [1.165, 1.54) is 26.2 Å². The molecule has 2 fully saturated rings. The summed E-state index contributed by atoms with van der Waals surface area (Å²) in [7, 11) is 1.22. The lowest BCUT2D eigenvalue weighted by molar-refractivity contribution is -0.145. The number of Topliss-reactive ketones (excluding diaryl/α,β-unsaturated/α-hetero) is 1. The molecule has 1 saturated carbocycles. The monoisotopic (exact) mass is 720 g/mol. The zero-order valence-electron chi connectivity index (χ0n) is 31.1. The number of nitrogens with zero attached hydrogens (tertiary/aromatic N) is 1. The number of allylic oxidation sites excluding steroid dienone is 1. The SMILES string of the molecule is COC(=O)/C=C/CC[C@H](NC(=O)OC(C)(C)C)C(=O)N[C@H](C(=O)N1CC(=O)C[C@H]1C(=O)N[C@H](C(=O)N[C@@H](C)C(N)=O)C1CCCCC1)C(C)(C)C. The highest BCUT2D eigenvalue weighted by Crippen LogP contribution is 2.29. The number of alkyl carbamates (subject to hydrolysis) is 1. The van der Waals surface area contributed by atoms with E-state index in [0.717, 1.165) is 24.2 Å². The Kier molecular flexibility index (Phi) is 15.6. The predicted molar refractivity (Wildman–Crippen MR) is 185 cm³/mol. The third-order valence-corrected chi connectivity index (χ3v) is 8.70. The largest absolute Gasteiger partial charge is 0.466 e. The van der Waals surface area contributed by atoms with Crippen molar-refractivity contribution in [2.24, 2.45) is 17.1 Å².